The van der Waals surface area contributed by atoms with Gasteiger partial charge in [-0.1, -0.05) is 6.42 Å². The topological polar surface area (TPSA) is 39.2 Å². The number of fused-ring (bicyclic) bond motifs is 1. The molecule has 1 aromatic heterocycles. The summed E-state index contributed by atoms with van der Waals surface area (Å²) in [5.41, 5.74) is 2.10. The maximum Gasteiger partial charge on any atom is 0.178 e. The van der Waals surface area contributed by atoms with E-state index < -0.39 is 0 Å². The number of H-pyrrole nitrogens is 1. The lowest BCUT2D eigenvalue weighted by Crippen LogP contribution is -2.15. The summed E-state index contributed by atoms with van der Waals surface area (Å²) in [5.74, 6) is 1.47. The number of aromatic nitrogens is 2. The van der Waals surface area contributed by atoms with Gasteiger partial charge < -0.3 is 19.0 Å². The second kappa shape index (κ2) is 5.93. The Balaban J connectivity index is 2.18. The third kappa shape index (κ3) is 2.44. The average molecular weight is 324 g/mol. The molecule has 21 heavy (non-hydrogen) atoms. The molecule has 2 aromatic rings. The maximum atomic E-state index is 5.57. The van der Waals surface area contributed by atoms with Crippen LogP contribution in [-0.2, 0) is 0 Å². The van der Waals surface area contributed by atoms with Gasteiger partial charge in [0.1, 0.15) is 0 Å². The van der Waals surface area contributed by atoms with Gasteiger partial charge in [-0.3, -0.25) is 0 Å². The molecule has 1 N–H and O–H groups in total. The van der Waals surface area contributed by atoms with Crippen LogP contribution in [0.5, 0.6) is 11.5 Å². The zero-order valence-corrected chi connectivity index (χ0v) is 14.1. The first-order valence-electron chi connectivity index (χ1n) is 7.08. The quantitative estimate of drug-likeness (QED) is 0.857. The van der Waals surface area contributed by atoms with Crippen LogP contribution in [0.15, 0.2) is 12.1 Å². The highest BCUT2D eigenvalue weighted by Crippen LogP contribution is 2.41. The lowest BCUT2D eigenvalue weighted by Gasteiger charge is -2.20. The summed E-state index contributed by atoms with van der Waals surface area (Å²) in [7, 11) is 3.31. The van der Waals surface area contributed by atoms with Crippen LogP contribution in [-0.4, -0.2) is 35.3 Å². The molecular weight excluding hydrogens is 304 g/mol. The van der Waals surface area contributed by atoms with Crippen LogP contribution in [0.2, 0.25) is 0 Å². The van der Waals surface area contributed by atoms with Crippen LogP contribution in [0, 0.1) is 4.77 Å². The summed E-state index contributed by atoms with van der Waals surface area (Å²) >= 11 is 7.50. The van der Waals surface area contributed by atoms with Crippen molar-refractivity contribution in [2.24, 2.45) is 0 Å². The van der Waals surface area contributed by atoms with E-state index in [9.17, 15) is 0 Å². The van der Waals surface area contributed by atoms with Crippen molar-refractivity contribution in [2.45, 2.75) is 30.6 Å². The van der Waals surface area contributed by atoms with Crippen molar-refractivity contribution in [1.82, 2.24) is 9.55 Å². The molecular formula is C15H20N2O2S2. The minimum atomic E-state index is 0.458. The Morgan fingerprint density at radius 1 is 1.24 bits per heavy atom. The van der Waals surface area contributed by atoms with Gasteiger partial charge in [-0.2, -0.15) is 11.8 Å². The van der Waals surface area contributed by atoms with E-state index in [0.29, 0.717) is 11.3 Å². The zero-order valence-electron chi connectivity index (χ0n) is 12.5. The number of hydrogen-bond acceptors (Lipinski definition) is 4. The molecule has 0 bridgehead atoms. The predicted molar refractivity (Wildman–Crippen MR) is 90.4 cm³/mol. The first-order valence-corrected chi connectivity index (χ1v) is 8.78. The molecule has 2 unspecified atom stereocenters. The van der Waals surface area contributed by atoms with Crippen LogP contribution in [0.3, 0.4) is 0 Å². The molecule has 1 aromatic carbocycles. The van der Waals surface area contributed by atoms with Crippen molar-refractivity contribution in [2.75, 3.05) is 20.5 Å². The second-order valence-electron chi connectivity index (χ2n) is 5.30. The van der Waals surface area contributed by atoms with Crippen LogP contribution in [0.25, 0.3) is 11.0 Å². The van der Waals surface area contributed by atoms with Crippen molar-refractivity contribution in [3.05, 3.63) is 16.9 Å². The average Bonchev–Trinajstić information content (AvgIpc) is 3.07. The second-order valence-corrected chi connectivity index (χ2v) is 6.76. The number of hydrogen-bond donors (Lipinski definition) is 1. The molecule has 1 fully saturated rings. The number of thioether (sulfide) groups is 1. The van der Waals surface area contributed by atoms with E-state index >= 15 is 0 Å². The van der Waals surface area contributed by atoms with Gasteiger partial charge in [-0.25, -0.2) is 0 Å². The van der Waals surface area contributed by atoms with Gasteiger partial charge >= 0.3 is 0 Å². The number of ether oxygens (including phenoxy) is 2. The highest BCUT2D eigenvalue weighted by Gasteiger charge is 2.30. The van der Waals surface area contributed by atoms with Gasteiger partial charge in [0.2, 0.25) is 0 Å². The van der Waals surface area contributed by atoms with Gasteiger partial charge in [-0.05, 0) is 31.3 Å². The first kappa shape index (κ1) is 14.8. The van der Waals surface area contributed by atoms with E-state index in [1.54, 1.807) is 14.2 Å². The molecule has 6 heteroatoms. The molecule has 0 aliphatic heterocycles. The van der Waals surface area contributed by atoms with Crippen LogP contribution >= 0.6 is 24.0 Å². The zero-order chi connectivity index (χ0) is 15.0. The van der Waals surface area contributed by atoms with Gasteiger partial charge in [0, 0.05) is 23.4 Å². The van der Waals surface area contributed by atoms with Crippen LogP contribution < -0.4 is 9.47 Å². The van der Waals surface area contributed by atoms with E-state index in [-0.39, 0.29) is 0 Å². The molecule has 1 aliphatic carbocycles. The smallest absolute Gasteiger partial charge is 0.178 e. The van der Waals surface area contributed by atoms with Gasteiger partial charge in [0.15, 0.2) is 16.3 Å². The summed E-state index contributed by atoms with van der Waals surface area (Å²) in [6.07, 6.45) is 5.89. The fraction of sp³-hybridized carbons (Fsp3) is 0.533. The SMILES string of the molecule is COc1cc2[nH]c(=S)n(C3CCCC3SC)c2cc1OC. The third-order valence-corrected chi connectivity index (χ3v) is 5.73. The summed E-state index contributed by atoms with van der Waals surface area (Å²) < 4.78 is 13.9. The Kier molecular flexibility index (Phi) is 4.17. The highest BCUT2D eigenvalue weighted by atomic mass is 32.2. The summed E-state index contributed by atoms with van der Waals surface area (Å²) in [5, 5.41) is 0.629. The van der Waals surface area contributed by atoms with Crippen molar-refractivity contribution in [1.29, 1.82) is 0 Å². The minimum absolute atomic E-state index is 0.458. The predicted octanol–water partition coefficient (Wildman–Crippen LogP) is 4.17. The van der Waals surface area contributed by atoms with Gasteiger partial charge in [0.05, 0.1) is 25.3 Å². The number of nitrogens with one attached hydrogen (secondary N) is 1. The Hall–Kier alpha value is -1.14. The van der Waals surface area contributed by atoms with E-state index in [1.165, 1.54) is 19.3 Å². The molecule has 0 spiro atoms. The van der Waals surface area contributed by atoms with Crippen LogP contribution in [0.1, 0.15) is 25.3 Å². The number of aromatic amines is 1. The lowest BCUT2D eigenvalue weighted by atomic mass is 10.2. The first-order chi connectivity index (χ1) is 10.2. The molecule has 0 amide bonds. The van der Waals surface area contributed by atoms with Gasteiger partial charge in [-0.15, -0.1) is 0 Å². The molecule has 2 atom stereocenters. The summed E-state index contributed by atoms with van der Waals surface area (Å²) in [4.78, 5) is 3.31. The molecule has 4 nitrogen and oxygen atoms in total. The monoisotopic (exact) mass is 324 g/mol. The standard InChI is InChI=1S/C15H20N2O2S2/c1-18-12-7-9-11(8-13(12)19-2)17(15(20)16-9)10-5-4-6-14(10)21-3/h7-8,10,14H,4-6H2,1-3H3,(H,16,20). The maximum absolute atomic E-state index is 5.57. The molecule has 1 saturated carbocycles. The molecule has 3 rings (SSSR count). The molecule has 1 aliphatic rings. The largest absolute Gasteiger partial charge is 0.493 e. The van der Waals surface area contributed by atoms with Crippen molar-refractivity contribution in [3.8, 4) is 11.5 Å². The fourth-order valence-electron chi connectivity index (χ4n) is 3.26. The van der Waals surface area contributed by atoms with Crippen molar-refractivity contribution < 1.29 is 9.47 Å². The van der Waals surface area contributed by atoms with Crippen molar-refractivity contribution >= 4 is 35.0 Å². The molecule has 1 heterocycles. The number of rotatable bonds is 4. The van der Waals surface area contributed by atoms with E-state index in [1.807, 2.05) is 23.9 Å². The Bertz CT molecular complexity index is 707. The summed E-state index contributed by atoms with van der Waals surface area (Å²) in [6.45, 7) is 0. The number of methoxy groups -OCH3 is 2. The Morgan fingerprint density at radius 3 is 2.62 bits per heavy atom. The van der Waals surface area contributed by atoms with E-state index in [2.05, 4.69) is 15.8 Å². The Labute approximate surface area is 133 Å². The normalized spacial score (nSPS) is 21.9. The number of nitrogens with zero attached hydrogens (tertiary/aromatic N) is 1. The number of imidazole rings is 1. The fourth-order valence-corrected chi connectivity index (χ4v) is 4.58. The third-order valence-electron chi connectivity index (χ3n) is 4.27. The highest BCUT2D eigenvalue weighted by molar-refractivity contribution is 7.99. The lowest BCUT2D eigenvalue weighted by molar-refractivity contribution is 0.355. The minimum Gasteiger partial charge on any atom is -0.493 e. The molecule has 0 saturated heterocycles. The van der Waals surface area contributed by atoms with E-state index in [0.717, 1.165) is 27.3 Å². The summed E-state index contributed by atoms with van der Waals surface area (Å²) in [6, 6.07) is 4.44. The van der Waals surface area contributed by atoms with E-state index in [4.69, 9.17) is 21.7 Å². The Morgan fingerprint density at radius 2 is 1.95 bits per heavy atom. The van der Waals surface area contributed by atoms with Gasteiger partial charge in [0.25, 0.3) is 0 Å². The molecule has 114 valence electrons. The molecule has 0 radical (unpaired) electrons. The number of benzene rings is 1. The van der Waals surface area contributed by atoms with Crippen molar-refractivity contribution in [3.63, 3.8) is 0 Å². The van der Waals surface area contributed by atoms with Crippen LogP contribution in [0.4, 0.5) is 0 Å².